The van der Waals surface area contributed by atoms with E-state index in [1.165, 1.54) is 18.5 Å². The van der Waals surface area contributed by atoms with Crippen molar-refractivity contribution in [3.63, 3.8) is 0 Å². The van der Waals surface area contributed by atoms with Gasteiger partial charge in [-0.05, 0) is 24.5 Å². The Labute approximate surface area is 71.4 Å². The van der Waals surface area contributed by atoms with Crippen molar-refractivity contribution in [2.45, 2.75) is 24.6 Å². The molecule has 1 fully saturated rings. The Morgan fingerprint density at radius 3 is 2.73 bits per heavy atom. The van der Waals surface area contributed by atoms with Gasteiger partial charge >= 0.3 is 0 Å². The molecule has 2 rings (SSSR count). The highest BCUT2D eigenvalue weighted by Gasteiger charge is 2.24. The molecule has 0 amide bonds. The van der Waals surface area contributed by atoms with Crippen LogP contribution >= 0.6 is 11.6 Å². The molecule has 2 heteroatoms. The summed E-state index contributed by atoms with van der Waals surface area (Å²) >= 11 is 5.63. The third-order valence-corrected chi connectivity index (χ3v) is 2.31. The lowest BCUT2D eigenvalue weighted by atomic mass is 10.2. The zero-order chi connectivity index (χ0) is 7.68. The monoisotopic (exact) mass is 167 g/mol. The molecule has 0 saturated heterocycles. The first-order valence-corrected chi connectivity index (χ1v) is 4.44. The second-order valence-electron chi connectivity index (χ2n) is 3.00. The summed E-state index contributed by atoms with van der Waals surface area (Å²) in [5, 5.41) is 0. The summed E-state index contributed by atoms with van der Waals surface area (Å²) in [6.07, 6.45) is 4.50. The van der Waals surface area contributed by atoms with E-state index in [0.717, 1.165) is 11.5 Å². The SMILES string of the molecule is ClCc1ccc(C2CC2)nc1. The highest BCUT2D eigenvalue weighted by Crippen LogP contribution is 2.38. The van der Waals surface area contributed by atoms with Crippen molar-refractivity contribution in [2.24, 2.45) is 0 Å². The Morgan fingerprint density at radius 2 is 2.27 bits per heavy atom. The van der Waals surface area contributed by atoms with Gasteiger partial charge < -0.3 is 0 Å². The van der Waals surface area contributed by atoms with E-state index in [4.69, 9.17) is 11.6 Å². The molecule has 0 unspecified atom stereocenters. The number of halogens is 1. The molecule has 1 aromatic rings. The van der Waals surface area contributed by atoms with Crippen LogP contribution < -0.4 is 0 Å². The van der Waals surface area contributed by atoms with Crippen LogP contribution in [0.4, 0.5) is 0 Å². The highest BCUT2D eigenvalue weighted by atomic mass is 35.5. The van der Waals surface area contributed by atoms with Crippen molar-refractivity contribution in [3.05, 3.63) is 29.6 Å². The molecule has 1 nitrogen and oxygen atoms in total. The van der Waals surface area contributed by atoms with E-state index < -0.39 is 0 Å². The Bertz CT molecular complexity index is 238. The van der Waals surface area contributed by atoms with E-state index in [1.54, 1.807) is 0 Å². The van der Waals surface area contributed by atoms with Gasteiger partial charge in [-0.3, -0.25) is 4.98 Å². The number of pyridine rings is 1. The minimum Gasteiger partial charge on any atom is -0.261 e. The first-order valence-electron chi connectivity index (χ1n) is 3.91. The van der Waals surface area contributed by atoms with Crippen molar-refractivity contribution in [1.82, 2.24) is 4.98 Å². The fourth-order valence-corrected chi connectivity index (χ4v) is 1.29. The quantitative estimate of drug-likeness (QED) is 0.618. The molecule has 0 aromatic carbocycles. The maximum Gasteiger partial charge on any atom is 0.0489 e. The predicted molar refractivity (Wildman–Crippen MR) is 45.8 cm³/mol. The number of rotatable bonds is 2. The summed E-state index contributed by atoms with van der Waals surface area (Å²) in [6.45, 7) is 0. The van der Waals surface area contributed by atoms with Crippen LogP contribution in [0.1, 0.15) is 30.0 Å². The molecule has 0 bridgehead atoms. The van der Waals surface area contributed by atoms with Crippen LogP contribution in [0.2, 0.25) is 0 Å². The number of hydrogen-bond donors (Lipinski definition) is 0. The van der Waals surface area contributed by atoms with Crippen LogP contribution in [0.3, 0.4) is 0 Å². The first-order chi connectivity index (χ1) is 5.40. The Balaban J connectivity index is 2.19. The minimum atomic E-state index is 0.567. The van der Waals surface area contributed by atoms with E-state index >= 15 is 0 Å². The van der Waals surface area contributed by atoms with Gasteiger partial charge in [-0.15, -0.1) is 11.6 Å². The molecule has 58 valence electrons. The van der Waals surface area contributed by atoms with Gasteiger partial charge in [0.1, 0.15) is 0 Å². The normalized spacial score (nSPS) is 16.8. The van der Waals surface area contributed by atoms with Crippen LogP contribution in [0.25, 0.3) is 0 Å². The van der Waals surface area contributed by atoms with Gasteiger partial charge in [0, 0.05) is 23.7 Å². The molecule has 0 aliphatic heterocycles. The molecule has 11 heavy (non-hydrogen) atoms. The van der Waals surface area contributed by atoms with Gasteiger partial charge in [0.15, 0.2) is 0 Å². The lowest BCUT2D eigenvalue weighted by Crippen LogP contribution is -1.86. The fourth-order valence-electron chi connectivity index (χ4n) is 1.14. The molecular weight excluding hydrogens is 158 g/mol. The Hall–Kier alpha value is -0.560. The van der Waals surface area contributed by atoms with Gasteiger partial charge in [-0.1, -0.05) is 6.07 Å². The number of hydrogen-bond acceptors (Lipinski definition) is 1. The molecule has 0 radical (unpaired) electrons. The van der Waals surface area contributed by atoms with Crippen molar-refractivity contribution in [3.8, 4) is 0 Å². The van der Waals surface area contributed by atoms with Gasteiger partial charge in [0.2, 0.25) is 0 Å². The van der Waals surface area contributed by atoms with Crippen molar-refractivity contribution in [2.75, 3.05) is 0 Å². The summed E-state index contributed by atoms with van der Waals surface area (Å²) in [6, 6.07) is 4.16. The van der Waals surface area contributed by atoms with Crippen molar-refractivity contribution >= 4 is 11.6 Å². The summed E-state index contributed by atoms with van der Waals surface area (Å²) in [4.78, 5) is 4.33. The highest BCUT2D eigenvalue weighted by molar-refractivity contribution is 6.17. The van der Waals surface area contributed by atoms with Crippen molar-refractivity contribution < 1.29 is 0 Å². The lowest BCUT2D eigenvalue weighted by Gasteiger charge is -1.97. The second kappa shape index (κ2) is 2.82. The molecule has 0 atom stereocenters. The third kappa shape index (κ3) is 1.54. The smallest absolute Gasteiger partial charge is 0.0489 e. The fraction of sp³-hybridized carbons (Fsp3) is 0.444. The maximum atomic E-state index is 5.63. The van der Waals surface area contributed by atoms with Gasteiger partial charge in [-0.25, -0.2) is 0 Å². The first kappa shape index (κ1) is 7.11. The number of nitrogens with zero attached hydrogens (tertiary/aromatic N) is 1. The predicted octanol–water partition coefficient (Wildman–Crippen LogP) is 2.70. The van der Waals surface area contributed by atoms with Gasteiger partial charge in [0.25, 0.3) is 0 Å². The maximum absolute atomic E-state index is 5.63. The standard InChI is InChI=1S/C9H10ClN/c10-5-7-1-4-9(11-6-7)8-2-3-8/h1,4,6,8H,2-3,5H2. The molecule has 0 N–H and O–H groups in total. The van der Waals surface area contributed by atoms with Crippen LogP contribution in [0.15, 0.2) is 18.3 Å². The number of alkyl halides is 1. The van der Waals surface area contributed by atoms with Gasteiger partial charge in [-0.2, -0.15) is 0 Å². The van der Waals surface area contributed by atoms with E-state index in [0.29, 0.717) is 5.88 Å². The van der Waals surface area contributed by atoms with Crippen LogP contribution in [-0.2, 0) is 5.88 Å². The summed E-state index contributed by atoms with van der Waals surface area (Å²) in [5.74, 6) is 1.32. The summed E-state index contributed by atoms with van der Waals surface area (Å²) in [5.41, 5.74) is 2.34. The largest absolute Gasteiger partial charge is 0.261 e. The Morgan fingerprint density at radius 1 is 1.45 bits per heavy atom. The minimum absolute atomic E-state index is 0.567. The second-order valence-corrected chi connectivity index (χ2v) is 3.27. The lowest BCUT2D eigenvalue weighted by molar-refractivity contribution is 1.01. The molecule has 1 aromatic heterocycles. The van der Waals surface area contributed by atoms with Crippen LogP contribution in [0, 0.1) is 0 Å². The van der Waals surface area contributed by atoms with Crippen LogP contribution in [-0.4, -0.2) is 4.98 Å². The van der Waals surface area contributed by atoms with Crippen LogP contribution in [0.5, 0.6) is 0 Å². The van der Waals surface area contributed by atoms with E-state index in [2.05, 4.69) is 17.1 Å². The van der Waals surface area contributed by atoms with E-state index in [9.17, 15) is 0 Å². The molecule has 1 heterocycles. The summed E-state index contributed by atoms with van der Waals surface area (Å²) < 4.78 is 0. The number of aromatic nitrogens is 1. The molecule has 0 spiro atoms. The zero-order valence-electron chi connectivity index (χ0n) is 6.26. The molecule has 1 aliphatic carbocycles. The summed E-state index contributed by atoms with van der Waals surface area (Å²) in [7, 11) is 0. The molecule has 1 saturated carbocycles. The third-order valence-electron chi connectivity index (χ3n) is 2.00. The Kier molecular flexibility index (Phi) is 1.82. The van der Waals surface area contributed by atoms with Gasteiger partial charge in [0.05, 0.1) is 0 Å². The average molecular weight is 168 g/mol. The molecule has 1 aliphatic rings. The average Bonchev–Trinajstić information content (AvgIpc) is 2.87. The van der Waals surface area contributed by atoms with Crippen molar-refractivity contribution in [1.29, 1.82) is 0 Å². The van der Waals surface area contributed by atoms with E-state index in [1.807, 2.05) is 6.20 Å². The zero-order valence-corrected chi connectivity index (χ0v) is 7.01. The van der Waals surface area contributed by atoms with E-state index in [-0.39, 0.29) is 0 Å². The molecular formula is C9H10ClN. The topological polar surface area (TPSA) is 12.9 Å².